The number of nitrogens with one attached hydrogen (secondary N) is 1. The van der Waals surface area contributed by atoms with Crippen molar-refractivity contribution in [3.8, 4) is 0 Å². The summed E-state index contributed by atoms with van der Waals surface area (Å²) in [6.45, 7) is 2.27. The summed E-state index contributed by atoms with van der Waals surface area (Å²) in [5.74, 6) is 0.676. The monoisotopic (exact) mass is 264 g/mol. The molecule has 3 rings (SSSR count). The van der Waals surface area contributed by atoms with Crippen LogP contribution in [0.4, 0.5) is 0 Å². The summed E-state index contributed by atoms with van der Waals surface area (Å²) in [7, 11) is 0. The molecule has 1 aliphatic heterocycles. The van der Waals surface area contributed by atoms with E-state index in [1.54, 1.807) is 0 Å². The summed E-state index contributed by atoms with van der Waals surface area (Å²) in [6.07, 6.45) is 8.59. The first kappa shape index (κ1) is 13.1. The van der Waals surface area contributed by atoms with Crippen LogP contribution in [-0.4, -0.2) is 34.8 Å². The fourth-order valence-corrected chi connectivity index (χ4v) is 3.50. The zero-order valence-electron chi connectivity index (χ0n) is 11.7. The molecule has 0 spiro atoms. The van der Waals surface area contributed by atoms with Gasteiger partial charge in [-0.05, 0) is 31.6 Å². The molecule has 106 valence electrons. The minimum absolute atomic E-state index is 0.0314. The summed E-state index contributed by atoms with van der Waals surface area (Å²) in [5, 5.41) is 3.49. The standard InChI is InChI=1S/C15H24N2O2/c1-10-5-3-2-4-6-12(10)16-13-9-14(18)17(15(13)19)11-7-8-11/h10-13,16H,2-9H2,1H3. The van der Waals surface area contributed by atoms with Gasteiger partial charge in [-0.3, -0.25) is 14.5 Å². The minimum atomic E-state index is -0.251. The third kappa shape index (κ3) is 2.69. The minimum Gasteiger partial charge on any atom is -0.302 e. The average molecular weight is 264 g/mol. The van der Waals surface area contributed by atoms with E-state index in [9.17, 15) is 9.59 Å². The van der Waals surface area contributed by atoms with Gasteiger partial charge >= 0.3 is 0 Å². The highest BCUT2D eigenvalue weighted by molar-refractivity contribution is 6.06. The number of carbonyl (C=O) groups excluding carboxylic acids is 2. The summed E-state index contributed by atoms with van der Waals surface area (Å²) in [6, 6.07) is 0.375. The molecule has 2 aliphatic carbocycles. The van der Waals surface area contributed by atoms with Gasteiger partial charge in [0.2, 0.25) is 11.8 Å². The number of carbonyl (C=O) groups is 2. The lowest BCUT2D eigenvalue weighted by Gasteiger charge is -2.25. The Kier molecular flexibility index (Phi) is 3.61. The van der Waals surface area contributed by atoms with Gasteiger partial charge in [-0.15, -0.1) is 0 Å². The Balaban J connectivity index is 1.63. The SMILES string of the molecule is CC1CCCCCC1NC1CC(=O)N(C2CC2)C1=O. The summed E-state index contributed by atoms with van der Waals surface area (Å²) < 4.78 is 0. The van der Waals surface area contributed by atoms with Gasteiger partial charge in [0.15, 0.2) is 0 Å². The Morgan fingerprint density at radius 3 is 2.53 bits per heavy atom. The van der Waals surface area contributed by atoms with Crippen molar-refractivity contribution >= 4 is 11.8 Å². The van der Waals surface area contributed by atoms with Gasteiger partial charge in [-0.25, -0.2) is 0 Å². The zero-order chi connectivity index (χ0) is 13.4. The van der Waals surface area contributed by atoms with Crippen LogP contribution in [0.15, 0.2) is 0 Å². The molecule has 3 fully saturated rings. The van der Waals surface area contributed by atoms with E-state index in [-0.39, 0.29) is 23.9 Å². The van der Waals surface area contributed by atoms with Crippen molar-refractivity contribution in [1.29, 1.82) is 0 Å². The van der Waals surface area contributed by atoms with E-state index in [4.69, 9.17) is 0 Å². The molecule has 3 atom stereocenters. The molecule has 2 saturated carbocycles. The maximum absolute atomic E-state index is 12.3. The van der Waals surface area contributed by atoms with E-state index in [0.29, 0.717) is 18.4 Å². The van der Waals surface area contributed by atoms with Crippen LogP contribution in [0.2, 0.25) is 0 Å². The predicted octanol–water partition coefficient (Wildman–Crippen LogP) is 1.83. The Labute approximate surface area is 114 Å². The van der Waals surface area contributed by atoms with Gasteiger partial charge in [-0.1, -0.05) is 26.2 Å². The largest absolute Gasteiger partial charge is 0.302 e. The van der Waals surface area contributed by atoms with Crippen molar-refractivity contribution in [2.75, 3.05) is 0 Å². The van der Waals surface area contributed by atoms with Crippen LogP contribution in [-0.2, 0) is 9.59 Å². The molecule has 1 saturated heterocycles. The Morgan fingerprint density at radius 1 is 1.05 bits per heavy atom. The van der Waals surface area contributed by atoms with Crippen LogP contribution >= 0.6 is 0 Å². The molecule has 1 heterocycles. The summed E-state index contributed by atoms with van der Waals surface area (Å²) >= 11 is 0. The first-order valence-electron chi connectivity index (χ1n) is 7.79. The molecule has 0 aromatic carbocycles. The predicted molar refractivity (Wildman–Crippen MR) is 72.5 cm³/mol. The number of hydrogen-bond donors (Lipinski definition) is 1. The lowest BCUT2D eigenvalue weighted by molar-refractivity contribution is -0.139. The quantitative estimate of drug-likeness (QED) is 0.625. The maximum atomic E-state index is 12.3. The van der Waals surface area contributed by atoms with E-state index in [2.05, 4.69) is 12.2 Å². The van der Waals surface area contributed by atoms with Crippen LogP contribution in [0.25, 0.3) is 0 Å². The van der Waals surface area contributed by atoms with E-state index in [0.717, 1.165) is 19.3 Å². The van der Waals surface area contributed by atoms with Crippen molar-refractivity contribution in [1.82, 2.24) is 10.2 Å². The number of amides is 2. The topological polar surface area (TPSA) is 49.4 Å². The van der Waals surface area contributed by atoms with Gasteiger partial charge in [-0.2, -0.15) is 0 Å². The number of hydrogen-bond acceptors (Lipinski definition) is 3. The molecule has 2 amide bonds. The molecule has 19 heavy (non-hydrogen) atoms. The molecule has 1 N–H and O–H groups in total. The molecule has 3 aliphatic rings. The van der Waals surface area contributed by atoms with Crippen molar-refractivity contribution in [3.05, 3.63) is 0 Å². The van der Waals surface area contributed by atoms with E-state index >= 15 is 0 Å². The van der Waals surface area contributed by atoms with Crippen molar-refractivity contribution < 1.29 is 9.59 Å². The third-order valence-electron chi connectivity index (χ3n) is 4.87. The maximum Gasteiger partial charge on any atom is 0.247 e. The second kappa shape index (κ2) is 5.23. The first-order valence-corrected chi connectivity index (χ1v) is 7.79. The van der Waals surface area contributed by atoms with Crippen LogP contribution in [0.1, 0.15) is 58.3 Å². The highest BCUT2D eigenvalue weighted by atomic mass is 16.2. The van der Waals surface area contributed by atoms with Crippen molar-refractivity contribution in [2.45, 2.75) is 76.4 Å². The highest BCUT2D eigenvalue weighted by Crippen LogP contribution is 2.32. The normalized spacial score (nSPS) is 36.7. The number of likely N-dealkylation sites (tertiary alicyclic amines) is 1. The summed E-state index contributed by atoms with van der Waals surface area (Å²) in [5.41, 5.74) is 0. The molecule has 0 aromatic rings. The van der Waals surface area contributed by atoms with E-state index in [1.807, 2.05) is 0 Å². The van der Waals surface area contributed by atoms with Crippen molar-refractivity contribution in [3.63, 3.8) is 0 Å². The fourth-order valence-electron chi connectivity index (χ4n) is 3.50. The van der Waals surface area contributed by atoms with Crippen LogP contribution < -0.4 is 5.32 Å². The van der Waals surface area contributed by atoms with Gasteiger partial charge in [0, 0.05) is 12.1 Å². The summed E-state index contributed by atoms with van der Waals surface area (Å²) in [4.78, 5) is 25.8. The third-order valence-corrected chi connectivity index (χ3v) is 4.87. The Morgan fingerprint density at radius 2 is 1.79 bits per heavy atom. The zero-order valence-corrected chi connectivity index (χ0v) is 11.7. The molecule has 3 unspecified atom stereocenters. The fraction of sp³-hybridized carbons (Fsp3) is 0.867. The molecule has 4 heteroatoms. The number of rotatable bonds is 3. The first-order chi connectivity index (χ1) is 9.16. The molecular formula is C15H24N2O2. The molecular weight excluding hydrogens is 240 g/mol. The Bertz CT molecular complexity index is 378. The highest BCUT2D eigenvalue weighted by Gasteiger charge is 2.46. The van der Waals surface area contributed by atoms with Gasteiger partial charge in [0.05, 0.1) is 12.5 Å². The molecule has 4 nitrogen and oxygen atoms in total. The van der Waals surface area contributed by atoms with Crippen LogP contribution in [0.3, 0.4) is 0 Å². The van der Waals surface area contributed by atoms with E-state index < -0.39 is 0 Å². The smallest absolute Gasteiger partial charge is 0.247 e. The average Bonchev–Trinajstić information content (AvgIpc) is 3.16. The lowest BCUT2D eigenvalue weighted by Crippen LogP contribution is -2.46. The lowest BCUT2D eigenvalue weighted by atomic mass is 9.96. The second-order valence-electron chi connectivity index (χ2n) is 6.48. The Hall–Kier alpha value is -0.900. The number of imide groups is 1. The van der Waals surface area contributed by atoms with Crippen LogP contribution in [0, 0.1) is 5.92 Å². The molecule has 0 radical (unpaired) electrons. The molecule has 0 aromatic heterocycles. The van der Waals surface area contributed by atoms with Gasteiger partial charge in [0.1, 0.15) is 0 Å². The van der Waals surface area contributed by atoms with E-state index in [1.165, 1.54) is 30.6 Å². The van der Waals surface area contributed by atoms with Gasteiger partial charge < -0.3 is 5.32 Å². The van der Waals surface area contributed by atoms with Gasteiger partial charge in [0.25, 0.3) is 0 Å². The van der Waals surface area contributed by atoms with Crippen LogP contribution in [0.5, 0.6) is 0 Å². The number of nitrogens with zero attached hydrogens (tertiary/aromatic N) is 1. The molecule has 0 bridgehead atoms. The second-order valence-corrected chi connectivity index (χ2v) is 6.48. The van der Waals surface area contributed by atoms with Crippen molar-refractivity contribution in [2.24, 2.45) is 5.92 Å².